The van der Waals surface area contributed by atoms with Gasteiger partial charge in [0.2, 0.25) is 5.89 Å². The summed E-state index contributed by atoms with van der Waals surface area (Å²) in [4.78, 5) is 17.1. The third-order valence-electron chi connectivity index (χ3n) is 5.18. The number of anilines is 1. The monoisotopic (exact) mass is 438 g/mol. The molecule has 0 aliphatic heterocycles. The van der Waals surface area contributed by atoms with Gasteiger partial charge in [0.15, 0.2) is 5.58 Å². The zero-order valence-corrected chi connectivity index (χ0v) is 18.1. The Morgan fingerprint density at radius 2 is 1.87 bits per heavy atom. The highest BCUT2D eigenvalue weighted by atomic mass is 35.5. The van der Waals surface area contributed by atoms with Gasteiger partial charge < -0.3 is 9.73 Å². The van der Waals surface area contributed by atoms with Crippen molar-refractivity contribution in [3.05, 3.63) is 81.8 Å². The number of halogens is 2. The van der Waals surface area contributed by atoms with Gasteiger partial charge in [-0.25, -0.2) is 4.98 Å². The fraction of sp³-hybridized carbons (Fsp3) is 0.167. The minimum atomic E-state index is -0.324. The van der Waals surface area contributed by atoms with Crippen LogP contribution in [0.25, 0.3) is 22.6 Å². The van der Waals surface area contributed by atoms with Crippen molar-refractivity contribution in [2.45, 2.75) is 26.2 Å². The smallest absolute Gasteiger partial charge is 0.257 e. The molecule has 152 valence electrons. The molecule has 30 heavy (non-hydrogen) atoms. The molecule has 4 rings (SSSR count). The van der Waals surface area contributed by atoms with Crippen molar-refractivity contribution in [2.75, 3.05) is 5.32 Å². The minimum Gasteiger partial charge on any atom is -0.436 e. The van der Waals surface area contributed by atoms with Gasteiger partial charge >= 0.3 is 0 Å². The largest absolute Gasteiger partial charge is 0.436 e. The maximum absolute atomic E-state index is 12.5. The second-order valence-corrected chi connectivity index (χ2v) is 7.97. The first-order valence-corrected chi connectivity index (χ1v) is 10.5. The molecule has 4 aromatic rings. The zero-order chi connectivity index (χ0) is 21.3. The Balaban J connectivity index is 1.54. The summed E-state index contributed by atoms with van der Waals surface area (Å²) in [6.45, 7) is 4.37. The number of oxazole rings is 1. The van der Waals surface area contributed by atoms with Crippen molar-refractivity contribution >= 4 is 45.9 Å². The maximum atomic E-state index is 12.5. The predicted molar refractivity (Wildman–Crippen MR) is 123 cm³/mol. The Morgan fingerprint density at radius 3 is 2.60 bits per heavy atom. The lowest BCUT2D eigenvalue weighted by atomic mass is 9.98. The van der Waals surface area contributed by atoms with Crippen LogP contribution in [-0.4, -0.2) is 10.9 Å². The lowest BCUT2D eigenvalue weighted by Gasteiger charge is -2.08. The number of aromatic nitrogens is 1. The van der Waals surface area contributed by atoms with E-state index in [0.29, 0.717) is 28.1 Å². The highest BCUT2D eigenvalue weighted by Gasteiger charge is 2.14. The molecule has 0 spiro atoms. The first-order valence-electron chi connectivity index (χ1n) is 9.72. The Bertz CT molecular complexity index is 1220. The van der Waals surface area contributed by atoms with E-state index in [9.17, 15) is 4.79 Å². The van der Waals surface area contributed by atoms with Crippen molar-refractivity contribution in [3.8, 4) is 11.5 Å². The molecular formula is C24H20Cl2N2O2. The molecule has 1 heterocycles. The first-order chi connectivity index (χ1) is 14.5. The van der Waals surface area contributed by atoms with Crippen LogP contribution in [0.4, 0.5) is 5.69 Å². The van der Waals surface area contributed by atoms with Gasteiger partial charge in [0.1, 0.15) is 5.52 Å². The molecule has 1 amide bonds. The molecular weight excluding hydrogens is 419 g/mol. The van der Waals surface area contributed by atoms with E-state index in [2.05, 4.69) is 36.3 Å². The highest BCUT2D eigenvalue weighted by molar-refractivity contribution is 6.44. The fourth-order valence-corrected chi connectivity index (χ4v) is 3.57. The topological polar surface area (TPSA) is 55.1 Å². The number of carbonyl (C=O) groups is 1. The molecule has 1 atom stereocenters. The standard InChI is InChI=1S/C24H20Cl2N2O2/c1-3-14(2)16-9-12-21-20(13-16)28-24(30-21)15-7-10-17(11-8-15)27-23(29)18-5-4-6-19(25)22(18)26/h4-14H,3H2,1-2H3,(H,27,29). The molecule has 0 fully saturated rings. The molecule has 3 aromatic carbocycles. The molecule has 1 aromatic heterocycles. The van der Waals surface area contributed by atoms with Crippen LogP contribution < -0.4 is 5.32 Å². The third-order valence-corrected chi connectivity index (χ3v) is 6.00. The van der Waals surface area contributed by atoms with Gasteiger partial charge in [-0.1, -0.05) is 49.2 Å². The Morgan fingerprint density at radius 1 is 1.10 bits per heavy atom. The Hall–Kier alpha value is -2.82. The first kappa shape index (κ1) is 20.5. The van der Waals surface area contributed by atoms with E-state index in [-0.39, 0.29) is 10.9 Å². The number of hydrogen-bond acceptors (Lipinski definition) is 3. The van der Waals surface area contributed by atoms with Crippen molar-refractivity contribution in [3.63, 3.8) is 0 Å². The molecule has 0 saturated heterocycles. The number of benzene rings is 3. The van der Waals surface area contributed by atoms with Gasteiger partial charge in [-0.05, 0) is 66.4 Å². The van der Waals surface area contributed by atoms with E-state index >= 15 is 0 Å². The van der Waals surface area contributed by atoms with Gasteiger partial charge in [0, 0.05) is 11.3 Å². The van der Waals surface area contributed by atoms with Crippen molar-refractivity contribution < 1.29 is 9.21 Å². The van der Waals surface area contributed by atoms with Crippen LogP contribution in [0.2, 0.25) is 10.0 Å². The fourth-order valence-electron chi connectivity index (χ4n) is 3.18. The summed E-state index contributed by atoms with van der Waals surface area (Å²) in [5, 5.41) is 3.40. The van der Waals surface area contributed by atoms with Gasteiger partial charge in [0.05, 0.1) is 15.6 Å². The molecule has 0 aliphatic rings. The molecule has 0 aliphatic carbocycles. The summed E-state index contributed by atoms with van der Waals surface area (Å²) in [6, 6.07) is 18.4. The molecule has 0 radical (unpaired) electrons. The van der Waals surface area contributed by atoms with E-state index in [1.165, 1.54) is 5.56 Å². The van der Waals surface area contributed by atoms with Gasteiger partial charge in [0.25, 0.3) is 5.91 Å². The summed E-state index contributed by atoms with van der Waals surface area (Å²) in [5.41, 5.74) is 4.64. The van der Waals surface area contributed by atoms with E-state index in [0.717, 1.165) is 23.1 Å². The molecule has 1 unspecified atom stereocenters. The van der Waals surface area contributed by atoms with Gasteiger partial charge in [-0.15, -0.1) is 0 Å². The highest BCUT2D eigenvalue weighted by Crippen LogP contribution is 2.29. The molecule has 6 heteroatoms. The molecule has 4 nitrogen and oxygen atoms in total. The summed E-state index contributed by atoms with van der Waals surface area (Å²) < 4.78 is 5.91. The van der Waals surface area contributed by atoms with Crippen LogP contribution in [0, 0.1) is 0 Å². The van der Waals surface area contributed by atoms with E-state index in [4.69, 9.17) is 27.6 Å². The molecule has 0 bridgehead atoms. The quantitative estimate of drug-likeness (QED) is 0.349. The maximum Gasteiger partial charge on any atom is 0.257 e. The van der Waals surface area contributed by atoms with Crippen molar-refractivity contribution in [1.82, 2.24) is 4.98 Å². The lowest BCUT2D eigenvalue weighted by Crippen LogP contribution is -2.12. The minimum absolute atomic E-state index is 0.233. The van der Waals surface area contributed by atoms with E-state index < -0.39 is 0 Å². The Kier molecular flexibility index (Phi) is 5.80. The Labute approximate surface area is 184 Å². The second-order valence-electron chi connectivity index (χ2n) is 7.19. The number of amides is 1. The second kappa shape index (κ2) is 8.50. The van der Waals surface area contributed by atoms with Crippen LogP contribution in [0.3, 0.4) is 0 Å². The van der Waals surface area contributed by atoms with Gasteiger partial charge in [-0.3, -0.25) is 4.79 Å². The third kappa shape index (κ3) is 4.07. The SMILES string of the molecule is CCC(C)c1ccc2oc(-c3ccc(NC(=O)c4cccc(Cl)c4Cl)cc3)nc2c1. The average Bonchev–Trinajstić information content (AvgIpc) is 3.19. The van der Waals surface area contributed by atoms with Crippen LogP contribution in [0.1, 0.15) is 42.1 Å². The summed E-state index contributed by atoms with van der Waals surface area (Å²) >= 11 is 12.1. The number of rotatable bonds is 5. The van der Waals surface area contributed by atoms with Crippen LogP contribution in [0.5, 0.6) is 0 Å². The number of nitrogens with zero attached hydrogens (tertiary/aromatic N) is 1. The van der Waals surface area contributed by atoms with E-state index in [1.807, 2.05) is 18.2 Å². The van der Waals surface area contributed by atoms with Crippen LogP contribution >= 0.6 is 23.2 Å². The summed E-state index contributed by atoms with van der Waals surface area (Å²) in [7, 11) is 0. The summed E-state index contributed by atoms with van der Waals surface area (Å²) in [6.07, 6.45) is 1.07. The molecule has 1 N–H and O–H groups in total. The normalized spacial score (nSPS) is 12.1. The number of fused-ring (bicyclic) bond motifs is 1. The van der Waals surface area contributed by atoms with Crippen LogP contribution in [0.15, 0.2) is 65.1 Å². The van der Waals surface area contributed by atoms with Crippen molar-refractivity contribution in [1.29, 1.82) is 0 Å². The predicted octanol–water partition coefficient (Wildman–Crippen LogP) is 7.57. The zero-order valence-electron chi connectivity index (χ0n) is 16.6. The van der Waals surface area contributed by atoms with Crippen LogP contribution in [-0.2, 0) is 0 Å². The van der Waals surface area contributed by atoms with Gasteiger partial charge in [-0.2, -0.15) is 0 Å². The summed E-state index contributed by atoms with van der Waals surface area (Å²) in [5.74, 6) is 0.696. The van der Waals surface area contributed by atoms with Crippen molar-refractivity contribution in [2.24, 2.45) is 0 Å². The molecule has 0 saturated carbocycles. The van der Waals surface area contributed by atoms with E-state index in [1.54, 1.807) is 30.3 Å². The number of carbonyl (C=O) groups excluding carboxylic acids is 1. The number of nitrogens with one attached hydrogen (secondary N) is 1. The number of hydrogen-bond donors (Lipinski definition) is 1. The average molecular weight is 439 g/mol. The lowest BCUT2D eigenvalue weighted by molar-refractivity contribution is 0.102.